The second-order valence-electron chi connectivity index (χ2n) is 5.09. The third kappa shape index (κ3) is 3.74. The van der Waals surface area contributed by atoms with Crippen LogP contribution in [-0.4, -0.2) is 24.4 Å². The molecule has 0 spiro atoms. The highest BCUT2D eigenvalue weighted by atomic mass is 32.3. The normalized spacial score (nSPS) is 17.8. The summed E-state index contributed by atoms with van der Waals surface area (Å²) in [5, 5.41) is 0.443. The number of sulfonamides is 1. The molecule has 0 aliphatic heterocycles. The molecule has 2 rings (SSSR count). The van der Waals surface area contributed by atoms with Gasteiger partial charge in [0.1, 0.15) is 0 Å². The van der Waals surface area contributed by atoms with Gasteiger partial charge in [-0.1, -0.05) is 48.9 Å². The lowest BCUT2D eigenvalue weighted by Gasteiger charge is -2.25. The average molecular weight is 299 g/mol. The van der Waals surface area contributed by atoms with Crippen LogP contribution in [0, 0.1) is 6.92 Å². The molecule has 0 aromatic heterocycles. The second kappa shape index (κ2) is 6.29. The molecular formula is C14H21NO2S2. The lowest BCUT2D eigenvalue weighted by atomic mass is 10.0. The summed E-state index contributed by atoms with van der Waals surface area (Å²) in [7, 11) is -1.70. The van der Waals surface area contributed by atoms with Crippen molar-refractivity contribution in [1.29, 1.82) is 0 Å². The summed E-state index contributed by atoms with van der Waals surface area (Å²) in [6.07, 6.45) is 5.97. The first-order valence-electron chi connectivity index (χ1n) is 6.72. The van der Waals surface area contributed by atoms with Crippen molar-refractivity contribution >= 4 is 22.0 Å². The first-order chi connectivity index (χ1) is 9.00. The van der Waals surface area contributed by atoms with E-state index < -0.39 is 10.0 Å². The molecule has 0 unspecified atom stereocenters. The monoisotopic (exact) mass is 299 g/mol. The molecule has 1 aliphatic carbocycles. The Hall–Kier alpha value is -0.520. The summed E-state index contributed by atoms with van der Waals surface area (Å²) in [4.78, 5) is 0.379. The van der Waals surface area contributed by atoms with Crippen LogP contribution in [0.2, 0.25) is 0 Å². The Balaban J connectivity index is 2.07. The SMILES string of the molecule is Cc1ccc(S(=O)(=O)N(C)SC2CCCCC2)cc1. The van der Waals surface area contributed by atoms with Gasteiger partial charge in [0, 0.05) is 12.3 Å². The molecule has 1 aliphatic rings. The van der Waals surface area contributed by atoms with Gasteiger partial charge in [-0.2, -0.15) is 0 Å². The number of nitrogens with zero attached hydrogens (tertiary/aromatic N) is 1. The number of hydrogen-bond donors (Lipinski definition) is 0. The molecule has 0 saturated heterocycles. The van der Waals surface area contributed by atoms with Gasteiger partial charge < -0.3 is 0 Å². The van der Waals surface area contributed by atoms with Gasteiger partial charge in [0.15, 0.2) is 0 Å². The van der Waals surface area contributed by atoms with E-state index in [0.717, 1.165) is 18.4 Å². The summed E-state index contributed by atoms with van der Waals surface area (Å²) in [5.41, 5.74) is 1.07. The molecule has 0 amide bonds. The highest BCUT2D eigenvalue weighted by Crippen LogP contribution is 2.32. The standard InChI is InChI=1S/C14H21NO2S2/c1-12-8-10-14(11-9-12)19(16,17)15(2)18-13-6-4-3-5-7-13/h8-11,13H,3-7H2,1-2H3. The average Bonchev–Trinajstić information content (AvgIpc) is 2.40. The third-order valence-corrected chi connectivity index (χ3v) is 6.97. The minimum Gasteiger partial charge on any atom is -0.206 e. The molecule has 1 fully saturated rings. The minimum atomic E-state index is -3.36. The molecule has 0 radical (unpaired) electrons. The van der Waals surface area contributed by atoms with E-state index in [0.29, 0.717) is 10.1 Å². The van der Waals surface area contributed by atoms with Crippen LogP contribution in [0.4, 0.5) is 0 Å². The molecular weight excluding hydrogens is 278 g/mol. The molecule has 106 valence electrons. The van der Waals surface area contributed by atoms with Gasteiger partial charge >= 0.3 is 0 Å². The first-order valence-corrected chi connectivity index (χ1v) is 9.00. The maximum atomic E-state index is 12.4. The Bertz CT molecular complexity index is 505. The van der Waals surface area contributed by atoms with Crippen molar-refractivity contribution < 1.29 is 8.42 Å². The summed E-state index contributed by atoms with van der Waals surface area (Å²) in [5.74, 6) is 0. The van der Waals surface area contributed by atoms with Crippen molar-refractivity contribution in [2.24, 2.45) is 0 Å². The largest absolute Gasteiger partial charge is 0.252 e. The van der Waals surface area contributed by atoms with Crippen molar-refractivity contribution in [3.8, 4) is 0 Å². The lowest BCUT2D eigenvalue weighted by Crippen LogP contribution is -2.24. The van der Waals surface area contributed by atoms with Crippen molar-refractivity contribution in [2.45, 2.75) is 49.2 Å². The van der Waals surface area contributed by atoms with Crippen molar-refractivity contribution in [3.05, 3.63) is 29.8 Å². The summed E-state index contributed by atoms with van der Waals surface area (Å²) in [6.45, 7) is 1.96. The second-order valence-corrected chi connectivity index (χ2v) is 8.72. The van der Waals surface area contributed by atoms with E-state index in [1.165, 1.54) is 34.9 Å². The van der Waals surface area contributed by atoms with Gasteiger partial charge in [0.25, 0.3) is 10.0 Å². The molecule has 0 atom stereocenters. The Labute approximate surface area is 120 Å². The van der Waals surface area contributed by atoms with E-state index in [-0.39, 0.29) is 0 Å². The highest BCUT2D eigenvalue weighted by Gasteiger charge is 2.25. The van der Waals surface area contributed by atoms with E-state index in [9.17, 15) is 8.42 Å². The van der Waals surface area contributed by atoms with E-state index in [1.807, 2.05) is 19.1 Å². The zero-order valence-corrected chi connectivity index (χ0v) is 13.1. The highest BCUT2D eigenvalue weighted by molar-refractivity contribution is 8.08. The van der Waals surface area contributed by atoms with Crippen LogP contribution >= 0.6 is 11.9 Å². The van der Waals surface area contributed by atoms with E-state index >= 15 is 0 Å². The fraction of sp³-hybridized carbons (Fsp3) is 0.571. The summed E-state index contributed by atoms with van der Waals surface area (Å²) in [6, 6.07) is 7.04. The predicted molar refractivity (Wildman–Crippen MR) is 80.6 cm³/mol. The van der Waals surface area contributed by atoms with Crippen LogP contribution < -0.4 is 0 Å². The van der Waals surface area contributed by atoms with Crippen molar-refractivity contribution in [2.75, 3.05) is 7.05 Å². The lowest BCUT2D eigenvalue weighted by molar-refractivity contribution is 0.509. The molecule has 1 saturated carbocycles. The number of aryl methyl sites for hydroxylation is 1. The predicted octanol–water partition coefficient (Wildman–Crippen LogP) is 3.60. The summed E-state index contributed by atoms with van der Waals surface area (Å²) >= 11 is 1.47. The van der Waals surface area contributed by atoms with Crippen molar-refractivity contribution in [3.63, 3.8) is 0 Å². The molecule has 1 aromatic rings. The Kier molecular flexibility index (Phi) is 4.92. The van der Waals surface area contributed by atoms with Crippen LogP contribution in [0.15, 0.2) is 29.2 Å². The fourth-order valence-corrected chi connectivity index (χ4v) is 5.11. The Morgan fingerprint density at radius 2 is 1.68 bits per heavy atom. The molecule has 3 nitrogen and oxygen atoms in total. The molecule has 0 N–H and O–H groups in total. The van der Waals surface area contributed by atoms with E-state index in [4.69, 9.17) is 0 Å². The maximum absolute atomic E-state index is 12.4. The zero-order chi connectivity index (χ0) is 13.9. The quantitative estimate of drug-likeness (QED) is 0.797. The van der Waals surface area contributed by atoms with Crippen molar-refractivity contribution in [1.82, 2.24) is 3.71 Å². The van der Waals surface area contributed by atoms with Gasteiger partial charge in [0.2, 0.25) is 0 Å². The topological polar surface area (TPSA) is 37.4 Å². The van der Waals surface area contributed by atoms with E-state index in [2.05, 4.69) is 0 Å². The smallest absolute Gasteiger partial charge is 0.206 e. The van der Waals surface area contributed by atoms with Gasteiger partial charge in [-0.3, -0.25) is 0 Å². The number of benzene rings is 1. The number of rotatable bonds is 4. The third-order valence-electron chi connectivity index (χ3n) is 3.51. The molecule has 0 bridgehead atoms. The molecule has 0 heterocycles. The zero-order valence-electron chi connectivity index (χ0n) is 11.5. The molecule has 5 heteroatoms. The summed E-state index contributed by atoms with van der Waals surface area (Å²) < 4.78 is 26.3. The Morgan fingerprint density at radius 3 is 2.26 bits per heavy atom. The van der Waals surface area contributed by atoms with Crippen LogP contribution in [0.1, 0.15) is 37.7 Å². The van der Waals surface area contributed by atoms with Gasteiger partial charge in [-0.25, -0.2) is 8.42 Å². The minimum absolute atomic E-state index is 0.379. The van der Waals surface area contributed by atoms with Crippen LogP contribution in [0.25, 0.3) is 0 Å². The van der Waals surface area contributed by atoms with E-state index in [1.54, 1.807) is 19.2 Å². The van der Waals surface area contributed by atoms with Crippen LogP contribution in [-0.2, 0) is 10.0 Å². The van der Waals surface area contributed by atoms with Crippen LogP contribution in [0.3, 0.4) is 0 Å². The van der Waals surface area contributed by atoms with Gasteiger partial charge in [-0.15, -0.1) is 3.71 Å². The molecule has 1 aromatic carbocycles. The number of hydrogen-bond acceptors (Lipinski definition) is 3. The van der Waals surface area contributed by atoms with Crippen LogP contribution in [0.5, 0.6) is 0 Å². The van der Waals surface area contributed by atoms with Gasteiger partial charge in [-0.05, 0) is 31.9 Å². The maximum Gasteiger partial charge on any atom is 0.252 e. The fourth-order valence-electron chi connectivity index (χ4n) is 2.30. The molecule has 19 heavy (non-hydrogen) atoms. The Morgan fingerprint density at radius 1 is 1.11 bits per heavy atom. The van der Waals surface area contributed by atoms with Gasteiger partial charge in [0.05, 0.1) is 4.90 Å². The first kappa shape index (κ1) is 14.9.